The molecule has 0 amide bonds. The van der Waals surface area contributed by atoms with Crippen LogP contribution in [0.2, 0.25) is 0 Å². The summed E-state index contributed by atoms with van der Waals surface area (Å²) < 4.78 is 18.4. The number of nitrogens with one attached hydrogen (secondary N) is 1. The predicted octanol–water partition coefficient (Wildman–Crippen LogP) is 2.20. The second-order valence-corrected chi connectivity index (χ2v) is 5.51. The van der Waals surface area contributed by atoms with E-state index in [2.05, 4.69) is 25.2 Å². The highest BCUT2D eigenvalue weighted by atomic mass is 19.1. The molecule has 0 unspecified atom stereocenters. The Morgan fingerprint density at radius 1 is 1.30 bits per heavy atom. The third-order valence-corrected chi connectivity index (χ3v) is 3.50. The van der Waals surface area contributed by atoms with Gasteiger partial charge in [-0.3, -0.25) is 10.00 Å². The maximum Gasteiger partial charge on any atom is 0.240 e. The van der Waals surface area contributed by atoms with E-state index in [-0.39, 0.29) is 5.82 Å². The van der Waals surface area contributed by atoms with Gasteiger partial charge in [0.1, 0.15) is 5.82 Å². The molecular weight excluding hydrogens is 297 g/mol. The zero-order chi connectivity index (χ0) is 16.1. The second-order valence-electron chi connectivity index (χ2n) is 5.51. The maximum absolute atomic E-state index is 13.2. The average molecular weight is 315 g/mol. The Kier molecular flexibility index (Phi) is 4.77. The second kappa shape index (κ2) is 7.15. The minimum atomic E-state index is -0.259. The largest absolute Gasteiger partial charge is 0.338 e. The number of aromatic nitrogens is 4. The molecule has 2 heterocycles. The summed E-state index contributed by atoms with van der Waals surface area (Å²) in [6, 6.07) is 6.42. The van der Waals surface area contributed by atoms with Crippen molar-refractivity contribution in [1.29, 1.82) is 0 Å². The molecule has 0 saturated heterocycles. The van der Waals surface area contributed by atoms with Gasteiger partial charge in [-0.25, -0.2) is 4.39 Å². The normalized spacial score (nSPS) is 11.3. The predicted molar refractivity (Wildman–Crippen MR) is 82.1 cm³/mol. The van der Waals surface area contributed by atoms with Crippen LogP contribution in [0.15, 0.2) is 41.2 Å². The van der Waals surface area contributed by atoms with Gasteiger partial charge in [0.25, 0.3) is 0 Å². The minimum Gasteiger partial charge on any atom is -0.338 e. The van der Waals surface area contributed by atoms with E-state index in [4.69, 9.17) is 4.52 Å². The van der Waals surface area contributed by atoms with E-state index in [1.165, 1.54) is 12.1 Å². The standard InChI is InChI=1S/C16H18FN5O/c1-22(6-5-13-9-18-19-10-13)11-16-20-15(21-23-16)8-12-3-2-4-14(17)7-12/h2-4,7,9-10H,5-6,8,11H2,1H3,(H,18,19). The molecular formula is C16H18FN5O. The lowest BCUT2D eigenvalue weighted by molar-refractivity contribution is 0.268. The van der Waals surface area contributed by atoms with Gasteiger partial charge in [-0.2, -0.15) is 10.1 Å². The molecule has 2 aromatic heterocycles. The molecule has 0 atom stereocenters. The highest BCUT2D eigenvalue weighted by Gasteiger charge is 2.10. The van der Waals surface area contributed by atoms with Crippen LogP contribution < -0.4 is 0 Å². The zero-order valence-electron chi connectivity index (χ0n) is 12.9. The topological polar surface area (TPSA) is 70.8 Å². The number of hydrogen-bond acceptors (Lipinski definition) is 5. The molecule has 0 bridgehead atoms. The van der Waals surface area contributed by atoms with Crippen molar-refractivity contribution in [2.24, 2.45) is 0 Å². The first-order chi connectivity index (χ1) is 11.2. The van der Waals surface area contributed by atoms with Crippen LogP contribution >= 0.6 is 0 Å². The summed E-state index contributed by atoms with van der Waals surface area (Å²) in [6.07, 6.45) is 5.06. The van der Waals surface area contributed by atoms with E-state index in [0.29, 0.717) is 24.7 Å². The number of nitrogens with zero attached hydrogens (tertiary/aromatic N) is 4. The Bertz CT molecular complexity index is 741. The number of halogens is 1. The summed E-state index contributed by atoms with van der Waals surface area (Å²) in [5.74, 6) is 0.866. The lowest BCUT2D eigenvalue weighted by Crippen LogP contribution is -2.20. The van der Waals surface area contributed by atoms with Gasteiger partial charge in [0.2, 0.25) is 5.89 Å². The molecule has 0 aliphatic rings. The average Bonchev–Trinajstić information content (AvgIpc) is 3.17. The third-order valence-electron chi connectivity index (χ3n) is 3.50. The molecule has 0 aliphatic carbocycles. The van der Waals surface area contributed by atoms with Crippen molar-refractivity contribution < 1.29 is 8.91 Å². The van der Waals surface area contributed by atoms with Gasteiger partial charge in [0.05, 0.1) is 12.7 Å². The number of H-pyrrole nitrogens is 1. The Hall–Kier alpha value is -2.54. The summed E-state index contributed by atoms with van der Waals surface area (Å²) in [5, 5.41) is 10.7. The summed E-state index contributed by atoms with van der Waals surface area (Å²) in [4.78, 5) is 6.46. The molecule has 7 heteroatoms. The fraction of sp³-hybridized carbons (Fsp3) is 0.312. The summed E-state index contributed by atoms with van der Waals surface area (Å²) in [5.41, 5.74) is 1.99. The summed E-state index contributed by atoms with van der Waals surface area (Å²) in [6.45, 7) is 1.44. The quantitative estimate of drug-likeness (QED) is 0.724. The Labute approximate surface area is 133 Å². The zero-order valence-corrected chi connectivity index (χ0v) is 12.9. The van der Waals surface area contributed by atoms with Crippen molar-refractivity contribution in [1.82, 2.24) is 25.2 Å². The molecule has 3 aromatic rings. The number of rotatable bonds is 7. The first-order valence-corrected chi connectivity index (χ1v) is 7.41. The molecule has 120 valence electrons. The Morgan fingerprint density at radius 3 is 3.00 bits per heavy atom. The van der Waals surface area contributed by atoms with Gasteiger partial charge in [-0.15, -0.1) is 0 Å². The molecule has 3 rings (SSSR count). The highest BCUT2D eigenvalue weighted by Crippen LogP contribution is 2.10. The third kappa shape index (κ3) is 4.46. The lowest BCUT2D eigenvalue weighted by Gasteiger charge is -2.12. The van der Waals surface area contributed by atoms with Crippen LogP contribution in [0.25, 0.3) is 0 Å². The van der Waals surface area contributed by atoms with Gasteiger partial charge in [0.15, 0.2) is 5.82 Å². The number of benzene rings is 1. The maximum atomic E-state index is 13.2. The van der Waals surface area contributed by atoms with Gasteiger partial charge < -0.3 is 4.52 Å². The van der Waals surface area contributed by atoms with Crippen LogP contribution in [0.5, 0.6) is 0 Å². The van der Waals surface area contributed by atoms with E-state index in [1.807, 2.05) is 25.5 Å². The highest BCUT2D eigenvalue weighted by molar-refractivity contribution is 5.19. The smallest absolute Gasteiger partial charge is 0.240 e. The van der Waals surface area contributed by atoms with Crippen LogP contribution in [0.1, 0.15) is 22.8 Å². The molecule has 0 saturated carbocycles. The van der Waals surface area contributed by atoms with Crippen molar-refractivity contribution in [3.63, 3.8) is 0 Å². The number of hydrogen-bond donors (Lipinski definition) is 1. The van der Waals surface area contributed by atoms with Gasteiger partial charge in [-0.05, 0) is 36.7 Å². The van der Waals surface area contributed by atoms with Crippen LogP contribution in [0.4, 0.5) is 4.39 Å². The molecule has 0 aliphatic heterocycles. The van der Waals surface area contributed by atoms with Crippen LogP contribution in [-0.2, 0) is 19.4 Å². The Balaban J connectivity index is 1.52. The molecule has 6 nitrogen and oxygen atoms in total. The van der Waals surface area contributed by atoms with E-state index < -0.39 is 0 Å². The van der Waals surface area contributed by atoms with Crippen LogP contribution in [0, 0.1) is 5.82 Å². The number of likely N-dealkylation sites (N-methyl/N-ethyl adjacent to an activating group) is 1. The van der Waals surface area contributed by atoms with Crippen molar-refractivity contribution >= 4 is 0 Å². The minimum absolute atomic E-state index is 0.259. The van der Waals surface area contributed by atoms with Gasteiger partial charge in [-0.1, -0.05) is 17.3 Å². The SMILES string of the molecule is CN(CCc1cn[nH]c1)Cc1nc(Cc2cccc(F)c2)no1. The summed E-state index contributed by atoms with van der Waals surface area (Å²) >= 11 is 0. The van der Waals surface area contributed by atoms with Crippen molar-refractivity contribution in [2.75, 3.05) is 13.6 Å². The summed E-state index contributed by atoms with van der Waals surface area (Å²) in [7, 11) is 2.00. The van der Waals surface area contributed by atoms with Gasteiger partial charge in [0, 0.05) is 19.2 Å². The van der Waals surface area contributed by atoms with E-state index in [0.717, 1.165) is 24.1 Å². The van der Waals surface area contributed by atoms with Crippen molar-refractivity contribution in [2.45, 2.75) is 19.4 Å². The van der Waals surface area contributed by atoms with Crippen LogP contribution in [0.3, 0.4) is 0 Å². The molecule has 0 spiro atoms. The molecule has 23 heavy (non-hydrogen) atoms. The first-order valence-electron chi connectivity index (χ1n) is 7.41. The lowest BCUT2D eigenvalue weighted by atomic mass is 10.1. The van der Waals surface area contributed by atoms with Crippen molar-refractivity contribution in [3.05, 3.63) is 65.3 Å². The van der Waals surface area contributed by atoms with Crippen molar-refractivity contribution in [3.8, 4) is 0 Å². The van der Waals surface area contributed by atoms with E-state index in [9.17, 15) is 4.39 Å². The molecule has 1 aromatic carbocycles. The monoisotopic (exact) mass is 315 g/mol. The fourth-order valence-electron chi connectivity index (χ4n) is 2.30. The molecule has 0 fully saturated rings. The van der Waals surface area contributed by atoms with E-state index in [1.54, 1.807) is 6.07 Å². The van der Waals surface area contributed by atoms with Gasteiger partial charge >= 0.3 is 0 Å². The van der Waals surface area contributed by atoms with Crippen LogP contribution in [-0.4, -0.2) is 38.8 Å². The molecule has 1 N–H and O–H groups in total. The first kappa shape index (κ1) is 15.4. The number of aromatic amines is 1. The fourth-order valence-corrected chi connectivity index (χ4v) is 2.30. The molecule has 0 radical (unpaired) electrons. The Morgan fingerprint density at radius 2 is 2.22 bits per heavy atom. The van der Waals surface area contributed by atoms with E-state index >= 15 is 0 Å².